The molecular weight excluding hydrogens is 286 g/mol. The summed E-state index contributed by atoms with van der Waals surface area (Å²) in [5, 5.41) is 2.63. The number of nitrogens with zero attached hydrogens (tertiary/aromatic N) is 2. The molecule has 0 aliphatic heterocycles. The van der Waals surface area contributed by atoms with E-state index in [0.717, 1.165) is 5.56 Å². The van der Waals surface area contributed by atoms with Crippen LogP contribution in [0.5, 0.6) is 0 Å². The topological polar surface area (TPSA) is 72.0 Å². The fourth-order valence-corrected chi connectivity index (χ4v) is 3.06. The van der Waals surface area contributed by atoms with Crippen molar-refractivity contribution < 1.29 is 8.42 Å². The predicted molar refractivity (Wildman–Crippen MR) is 83.6 cm³/mol. The van der Waals surface area contributed by atoms with Crippen molar-refractivity contribution in [3.05, 3.63) is 41.9 Å². The van der Waals surface area contributed by atoms with Gasteiger partial charge in [0.15, 0.2) is 9.84 Å². The highest BCUT2D eigenvalue weighted by Gasteiger charge is 2.22. The van der Waals surface area contributed by atoms with Crippen LogP contribution in [0.3, 0.4) is 0 Å². The number of hydrogen-bond acceptors (Lipinski definition) is 5. The SMILES string of the molecule is Cc1ncc(C)c(Nc2ccccc2S(=O)(=O)C(C)C)n1. The van der Waals surface area contributed by atoms with Crippen LogP contribution < -0.4 is 5.32 Å². The summed E-state index contributed by atoms with van der Waals surface area (Å²) in [6, 6.07) is 6.87. The molecule has 0 aliphatic rings. The highest BCUT2D eigenvalue weighted by molar-refractivity contribution is 7.92. The van der Waals surface area contributed by atoms with E-state index < -0.39 is 15.1 Å². The first-order valence-corrected chi connectivity index (χ1v) is 8.27. The molecule has 0 radical (unpaired) electrons. The van der Waals surface area contributed by atoms with E-state index in [1.54, 1.807) is 51.2 Å². The van der Waals surface area contributed by atoms with Crippen LogP contribution in [-0.2, 0) is 9.84 Å². The summed E-state index contributed by atoms with van der Waals surface area (Å²) in [6.07, 6.45) is 1.71. The van der Waals surface area contributed by atoms with E-state index in [4.69, 9.17) is 0 Å². The Bertz CT molecular complexity index is 755. The van der Waals surface area contributed by atoms with E-state index in [9.17, 15) is 8.42 Å². The van der Waals surface area contributed by atoms with Crippen LogP contribution in [0, 0.1) is 13.8 Å². The Balaban J connectivity index is 2.49. The van der Waals surface area contributed by atoms with Crippen molar-refractivity contribution in [2.24, 2.45) is 0 Å². The van der Waals surface area contributed by atoms with Gasteiger partial charge in [-0.15, -0.1) is 0 Å². The summed E-state index contributed by atoms with van der Waals surface area (Å²) in [5.74, 6) is 1.25. The maximum atomic E-state index is 12.4. The lowest BCUT2D eigenvalue weighted by atomic mass is 10.3. The molecule has 0 bridgehead atoms. The lowest BCUT2D eigenvalue weighted by molar-refractivity contribution is 0.588. The van der Waals surface area contributed by atoms with Gasteiger partial charge >= 0.3 is 0 Å². The second-order valence-electron chi connectivity index (χ2n) is 5.16. The number of aryl methyl sites for hydroxylation is 2. The van der Waals surface area contributed by atoms with Crippen LogP contribution in [0.25, 0.3) is 0 Å². The van der Waals surface area contributed by atoms with Gasteiger partial charge in [0.05, 0.1) is 15.8 Å². The van der Waals surface area contributed by atoms with Crippen LogP contribution in [0.15, 0.2) is 35.4 Å². The monoisotopic (exact) mass is 305 g/mol. The summed E-state index contributed by atoms with van der Waals surface area (Å²) in [6.45, 7) is 7.01. The number of aromatic nitrogens is 2. The first kappa shape index (κ1) is 15.4. The number of sulfone groups is 1. The zero-order valence-electron chi connectivity index (χ0n) is 12.6. The number of benzene rings is 1. The predicted octanol–water partition coefficient (Wildman–Crippen LogP) is 3.02. The normalized spacial score (nSPS) is 11.7. The van der Waals surface area contributed by atoms with Gasteiger partial charge in [0.2, 0.25) is 0 Å². The van der Waals surface area contributed by atoms with Crippen molar-refractivity contribution >= 4 is 21.3 Å². The molecule has 0 unspecified atom stereocenters. The van der Waals surface area contributed by atoms with Gasteiger partial charge in [0.1, 0.15) is 11.6 Å². The molecule has 2 rings (SSSR count). The molecule has 21 heavy (non-hydrogen) atoms. The van der Waals surface area contributed by atoms with E-state index in [-0.39, 0.29) is 4.90 Å². The second kappa shape index (κ2) is 5.81. The lowest BCUT2D eigenvalue weighted by Gasteiger charge is -2.15. The van der Waals surface area contributed by atoms with Gasteiger partial charge in [-0.25, -0.2) is 18.4 Å². The lowest BCUT2D eigenvalue weighted by Crippen LogP contribution is -2.15. The minimum absolute atomic E-state index is 0.288. The number of para-hydroxylation sites is 1. The Hall–Kier alpha value is -1.95. The van der Waals surface area contributed by atoms with Gasteiger partial charge < -0.3 is 5.32 Å². The molecule has 0 saturated carbocycles. The number of rotatable bonds is 4. The summed E-state index contributed by atoms with van der Waals surface area (Å²) in [4.78, 5) is 8.72. The molecule has 1 heterocycles. The van der Waals surface area contributed by atoms with Gasteiger partial charge in [-0.05, 0) is 39.8 Å². The molecule has 1 aromatic heterocycles. The van der Waals surface area contributed by atoms with E-state index in [2.05, 4.69) is 15.3 Å². The second-order valence-corrected chi connectivity index (χ2v) is 7.64. The Morgan fingerprint density at radius 1 is 1.14 bits per heavy atom. The number of nitrogens with one attached hydrogen (secondary N) is 1. The van der Waals surface area contributed by atoms with E-state index in [1.807, 2.05) is 6.92 Å². The molecule has 6 heteroatoms. The molecule has 0 fully saturated rings. The van der Waals surface area contributed by atoms with Crippen molar-refractivity contribution in [2.75, 3.05) is 5.32 Å². The highest BCUT2D eigenvalue weighted by Crippen LogP contribution is 2.27. The largest absolute Gasteiger partial charge is 0.339 e. The van der Waals surface area contributed by atoms with Gasteiger partial charge in [-0.1, -0.05) is 12.1 Å². The average Bonchev–Trinajstić information content (AvgIpc) is 2.43. The quantitative estimate of drug-likeness (QED) is 0.940. The third-order valence-corrected chi connectivity index (χ3v) is 5.37. The fraction of sp³-hybridized carbons (Fsp3) is 0.333. The molecule has 1 aromatic carbocycles. The van der Waals surface area contributed by atoms with Gasteiger partial charge in [0, 0.05) is 11.8 Å². The van der Waals surface area contributed by atoms with Crippen molar-refractivity contribution in [1.82, 2.24) is 9.97 Å². The van der Waals surface area contributed by atoms with Crippen LogP contribution in [0.2, 0.25) is 0 Å². The van der Waals surface area contributed by atoms with E-state index in [1.165, 1.54) is 0 Å². The Kier molecular flexibility index (Phi) is 4.27. The van der Waals surface area contributed by atoms with Crippen molar-refractivity contribution in [1.29, 1.82) is 0 Å². The molecule has 0 amide bonds. The van der Waals surface area contributed by atoms with Gasteiger partial charge in [-0.3, -0.25) is 0 Å². The molecule has 0 aliphatic carbocycles. The Morgan fingerprint density at radius 2 is 1.81 bits per heavy atom. The van der Waals surface area contributed by atoms with Gasteiger partial charge in [0.25, 0.3) is 0 Å². The zero-order valence-corrected chi connectivity index (χ0v) is 13.4. The molecule has 5 nitrogen and oxygen atoms in total. The third kappa shape index (κ3) is 3.21. The zero-order chi connectivity index (χ0) is 15.6. The average molecular weight is 305 g/mol. The van der Waals surface area contributed by atoms with Crippen molar-refractivity contribution in [3.63, 3.8) is 0 Å². The minimum Gasteiger partial charge on any atom is -0.339 e. The van der Waals surface area contributed by atoms with Crippen LogP contribution in [-0.4, -0.2) is 23.6 Å². The third-order valence-electron chi connectivity index (χ3n) is 3.16. The maximum Gasteiger partial charge on any atom is 0.182 e. The van der Waals surface area contributed by atoms with Crippen molar-refractivity contribution in [3.8, 4) is 0 Å². The summed E-state index contributed by atoms with van der Waals surface area (Å²) < 4.78 is 24.8. The number of anilines is 2. The molecule has 0 spiro atoms. The molecule has 0 saturated heterocycles. The first-order chi connectivity index (χ1) is 9.82. The molecular formula is C15H19N3O2S. The Morgan fingerprint density at radius 3 is 2.48 bits per heavy atom. The summed E-state index contributed by atoms with van der Waals surface area (Å²) in [7, 11) is -3.36. The molecule has 0 atom stereocenters. The summed E-state index contributed by atoms with van der Waals surface area (Å²) >= 11 is 0. The highest BCUT2D eigenvalue weighted by atomic mass is 32.2. The first-order valence-electron chi connectivity index (χ1n) is 6.72. The molecule has 112 valence electrons. The maximum absolute atomic E-state index is 12.4. The van der Waals surface area contributed by atoms with Crippen LogP contribution in [0.4, 0.5) is 11.5 Å². The van der Waals surface area contributed by atoms with E-state index in [0.29, 0.717) is 17.3 Å². The summed E-state index contributed by atoms with van der Waals surface area (Å²) in [5.41, 5.74) is 1.39. The fourth-order valence-electron chi connectivity index (χ4n) is 1.86. The van der Waals surface area contributed by atoms with Crippen LogP contribution in [0.1, 0.15) is 25.2 Å². The van der Waals surface area contributed by atoms with Gasteiger partial charge in [-0.2, -0.15) is 0 Å². The molecule has 2 aromatic rings. The minimum atomic E-state index is -3.36. The van der Waals surface area contributed by atoms with Crippen molar-refractivity contribution in [2.45, 2.75) is 37.8 Å². The standard InChI is InChI=1S/C15H19N3O2S/c1-10(2)21(19,20)14-8-6-5-7-13(14)18-15-11(3)9-16-12(4)17-15/h5-10H,1-4H3,(H,16,17,18). The smallest absolute Gasteiger partial charge is 0.182 e. The number of hydrogen-bond donors (Lipinski definition) is 1. The van der Waals surface area contributed by atoms with Crippen LogP contribution >= 0.6 is 0 Å². The molecule has 1 N–H and O–H groups in total. The van der Waals surface area contributed by atoms with E-state index >= 15 is 0 Å². The Labute approximate surface area is 125 Å².